The molecule has 6 N–H and O–H groups in total. The van der Waals surface area contributed by atoms with Crippen LogP contribution >= 0.6 is 0 Å². The summed E-state index contributed by atoms with van der Waals surface area (Å²) in [6.07, 6.45) is 16.9. The molecule has 1 aliphatic rings. The van der Waals surface area contributed by atoms with E-state index >= 15 is 0 Å². The summed E-state index contributed by atoms with van der Waals surface area (Å²) in [4.78, 5) is 28.9. The number of unbranched alkanes of at least 4 members (excludes halogenated alkanes) is 14. The summed E-state index contributed by atoms with van der Waals surface area (Å²) in [6.45, 7) is 1.86. The molecule has 0 spiro atoms. The highest BCUT2D eigenvalue weighted by molar-refractivity contribution is 5.89. The lowest BCUT2D eigenvalue weighted by Crippen LogP contribution is -2.33. The molecule has 2 heterocycles. The Kier molecular flexibility index (Phi) is 18.9. The molecule has 214 valence electrons. The number of aromatic nitrogens is 2. The number of hydrogen-bond acceptors (Lipinski definition) is 8. The van der Waals surface area contributed by atoms with Gasteiger partial charge in [0.2, 0.25) is 5.91 Å². The van der Waals surface area contributed by atoms with Crippen LogP contribution in [0.5, 0.6) is 0 Å². The van der Waals surface area contributed by atoms with Gasteiger partial charge in [-0.2, -0.15) is 0 Å². The first-order valence-corrected chi connectivity index (χ1v) is 14.0. The topological polar surface area (TPSA) is 165 Å². The number of aromatic amines is 1. The smallest absolute Gasteiger partial charge is 0.346 e. The number of carbonyl (C=O) groups is 1. The van der Waals surface area contributed by atoms with Crippen molar-refractivity contribution < 1.29 is 30.0 Å². The van der Waals surface area contributed by atoms with E-state index in [9.17, 15) is 9.59 Å². The molecule has 4 atom stereocenters. The highest BCUT2D eigenvalue weighted by atomic mass is 16.6. The van der Waals surface area contributed by atoms with E-state index in [0.717, 1.165) is 12.8 Å². The first-order chi connectivity index (χ1) is 17.9. The van der Waals surface area contributed by atoms with Crippen molar-refractivity contribution in [1.29, 1.82) is 0 Å². The summed E-state index contributed by atoms with van der Waals surface area (Å²) >= 11 is 0. The first kappa shape index (κ1) is 33.2. The van der Waals surface area contributed by atoms with Gasteiger partial charge in [0, 0.05) is 12.6 Å². The quantitative estimate of drug-likeness (QED) is 0.158. The zero-order chi connectivity index (χ0) is 27.3. The van der Waals surface area contributed by atoms with E-state index in [2.05, 4.69) is 26.9 Å². The lowest BCUT2D eigenvalue weighted by molar-refractivity contribution is -0.132. The molecule has 0 radical (unpaired) electrons. The number of nitrogens with zero attached hydrogens (tertiary/aromatic N) is 1. The SMILES string of the molecule is CCCCCCCCCCCCCCCCCC(=O)Nc1ccnc(=O)[nH]1.OC[C@H]1OC(O)[C@@H](O)[C@@H]1O. The minimum atomic E-state index is -1.38. The number of hydrogen-bond donors (Lipinski definition) is 6. The molecule has 1 aromatic rings. The molecule has 0 saturated carbocycles. The van der Waals surface area contributed by atoms with Crippen LogP contribution in [0.15, 0.2) is 17.1 Å². The van der Waals surface area contributed by atoms with Gasteiger partial charge in [-0.1, -0.05) is 96.8 Å². The Balaban J connectivity index is 0.000000568. The van der Waals surface area contributed by atoms with Crippen molar-refractivity contribution in [2.75, 3.05) is 11.9 Å². The molecule has 1 aromatic heterocycles. The summed E-state index contributed by atoms with van der Waals surface area (Å²) in [7, 11) is 0. The van der Waals surface area contributed by atoms with E-state index < -0.39 is 36.9 Å². The zero-order valence-electron chi connectivity index (χ0n) is 22.4. The molecule has 0 aliphatic carbocycles. The van der Waals surface area contributed by atoms with Crippen molar-refractivity contribution in [3.05, 3.63) is 22.7 Å². The van der Waals surface area contributed by atoms with Gasteiger partial charge in [0.05, 0.1) is 6.61 Å². The van der Waals surface area contributed by atoms with Crippen LogP contribution in [0.25, 0.3) is 0 Å². The molecule has 0 bridgehead atoms. The highest BCUT2D eigenvalue weighted by Gasteiger charge is 2.41. The van der Waals surface area contributed by atoms with Crippen molar-refractivity contribution in [1.82, 2.24) is 9.97 Å². The maximum absolute atomic E-state index is 11.8. The summed E-state index contributed by atoms with van der Waals surface area (Å²) < 4.78 is 4.54. The summed E-state index contributed by atoms with van der Waals surface area (Å²) in [5, 5.41) is 37.7. The minimum absolute atomic E-state index is 0.0495. The van der Waals surface area contributed by atoms with E-state index in [1.54, 1.807) is 6.07 Å². The van der Waals surface area contributed by atoms with Crippen LogP contribution in [0.3, 0.4) is 0 Å². The van der Waals surface area contributed by atoms with Crippen molar-refractivity contribution in [2.24, 2.45) is 0 Å². The number of carbonyl (C=O) groups excluding carboxylic acids is 1. The predicted molar refractivity (Wildman–Crippen MR) is 143 cm³/mol. The molecular weight excluding hydrogens is 478 g/mol. The van der Waals surface area contributed by atoms with E-state index in [4.69, 9.17) is 20.4 Å². The van der Waals surface area contributed by atoms with Gasteiger partial charge in [0.1, 0.15) is 24.1 Å². The lowest BCUT2D eigenvalue weighted by Gasteiger charge is -2.09. The standard InChI is InChI=1S/C22H39N3O2.C5H10O5/c1-2-3-4-5-6-7-8-9-10-11-12-13-14-15-16-17-21(26)24-20-18-19-23-22(27)25-20;6-1-2-3(7)4(8)5(9)10-2/h18-19H,2-17H2,1H3,(H2,23,24,25,26,27);2-9H,1H2/t;2-,3-,4+,5?/m.1/s1. The van der Waals surface area contributed by atoms with Crippen molar-refractivity contribution >= 4 is 11.7 Å². The third-order valence-electron chi connectivity index (χ3n) is 6.47. The van der Waals surface area contributed by atoms with Crippen LogP contribution in [-0.4, -0.2) is 67.5 Å². The Morgan fingerprint density at radius 3 is 1.81 bits per heavy atom. The maximum Gasteiger partial charge on any atom is 0.346 e. The third-order valence-corrected chi connectivity index (χ3v) is 6.47. The molecule has 2 rings (SSSR count). The molecule has 1 aliphatic heterocycles. The zero-order valence-corrected chi connectivity index (χ0v) is 22.4. The van der Waals surface area contributed by atoms with Gasteiger partial charge in [-0.15, -0.1) is 0 Å². The summed E-state index contributed by atoms with van der Waals surface area (Å²) in [5.41, 5.74) is -0.445. The third kappa shape index (κ3) is 15.9. The van der Waals surface area contributed by atoms with Gasteiger partial charge in [0.25, 0.3) is 0 Å². The second kappa shape index (κ2) is 21.1. The van der Waals surface area contributed by atoms with Gasteiger partial charge in [-0.25, -0.2) is 9.78 Å². The lowest BCUT2D eigenvalue weighted by atomic mass is 10.0. The Hall–Kier alpha value is -1.85. The molecule has 1 unspecified atom stereocenters. The molecule has 1 saturated heterocycles. The maximum atomic E-state index is 11.8. The Labute approximate surface area is 220 Å². The van der Waals surface area contributed by atoms with Crippen LogP contribution in [-0.2, 0) is 9.53 Å². The number of amides is 1. The predicted octanol–water partition coefficient (Wildman–Crippen LogP) is 3.39. The molecular formula is C27H49N3O7. The Morgan fingerprint density at radius 1 is 0.892 bits per heavy atom. The number of aliphatic hydroxyl groups is 4. The van der Waals surface area contributed by atoms with Gasteiger partial charge in [0.15, 0.2) is 6.29 Å². The fourth-order valence-electron chi connectivity index (χ4n) is 4.19. The monoisotopic (exact) mass is 527 g/mol. The Morgan fingerprint density at radius 2 is 1.41 bits per heavy atom. The number of nitrogens with one attached hydrogen (secondary N) is 2. The second-order valence-electron chi connectivity index (χ2n) is 9.77. The number of H-pyrrole nitrogens is 1. The second-order valence-corrected chi connectivity index (χ2v) is 9.77. The Bertz CT molecular complexity index is 762. The van der Waals surface area contributed by atoms with Gasteiger partial charge in [-0.05, 0) is 12.5 Å². The molecule has 0 aromatic carbocycles. The number of aliphatic hydroxyl groups excluding tert-OH is 4. The average Bonchev–Trinajstić information content (AvgIpc) is 3.13. The normalized spacial score (nSPS) is 20.9. The van der Waals surface area contributed by atoms with E-state index in [1.165, 1.54) is 89.7 Å². The van der Waals surface area contributed by atoms with Crippen LogP contribution < -0.4 is 11.0 Å². The largest absolute Gasteiger partial charge is 0.394 e. The summed E-state index contributed by atoms with van der Waals surface area (Å²) in [6, 6.07) is 1.59. The number of rotatable bonds is 18. The van der Waals surface area contributed by atoms with Gasteiger partial charge < -0.3 is 30.5 Å². The number of ether oxygens (including phenoxy) is 1. The highest BCUT2D eigenvalue weighted by Crippen LogP contribution is 2.18. The minimum Gasteiger partial charge on any atom is -0.394 e. The van der Waals surface area contributed by atoms with Crippen molar-refractivity contribution in [3.8, 4) is 0 Å². The van der Waals surface area contributed by atoms with Crippen LogP contribution in [0.2, 0.25) is 0 Å². The molecule has 1 fully saturated rings. The van der Waals surface area contributed by atoms with Crippen LogP contribution in [0, 0.1) is 0 Å². The van der Waals surface area contributed by atoms with Crippen LogP contribution in [0.4, 0.5) is 5.82 Å². The van der Waals surface area contributed by atoms with E-state index in [-0.39, 0.29) is 5.91 Å². The van der Waals surface area contributed by atoms with Gasteiger partial charge in [-0.3, -0.25) is 9.78 Å². The molecule has 10 nitrogen and oxygen atoms in total. The average molecular weight is 528 g/mol. The number of anilines is 1. The van der Waals surface area contributed by atoms with Crippen LogP contribution in [0.1, 0.15) is 110 Å². The fraction of sp³-hybridized carbons (Fsp3) is 0.815. The van der Waals surface area contributed by atoms with E-state index in [1.807, 2.05) is 0 Å². The van der Waals surface area contributed by atoms with Crippen molar-refractivity contribution in [2.45, 2.75) is 134 Å². The fourth-order valence-corrected chi connectivity index (χ4v) is 4.19. The first-order valence-electron chi connectivity index (χ1n) is 14.0. The van der Waals surface area contributed by atoms with E-state index in [0.29, 0.717) is 12.2 Å². The molecule has 1 amide bonds. The molecule has 37 heavy (non-hydrogen) atoms. The van der Waals surface area contributed by atoms with Gasteiger partial charge >= 0.3 is 5.69 Å². The summed E-state index contributed by atoms with van der Waals surface area (Å²) in [5.74, 6) is 0.368. The van der Waals surface area contributed by atoms with Crippen molar-refractivity contribution in [3.63, 3.8) is 0 Å². The molecule has 10 heteroatoms.